The Morgan fingerprint density at radius 2 is 1.53 bits per heavy atom. The molecule has 4 N–H and O–H groups in total. The Balaban J connectivity index is 1.30. The molecule has 0 bridgehead atoms. The van der Waals surface area contributed by atoms with Gasteiger partial charge in [-0.2, -0.15) is 0 Å². The van der Waals surface area contributed by atoms with Crippen molar-refractivity contribution in [3.8, 4) is 11.1 Å². The number of fused-ring (bicyclic) bond motifs is 3. The predicted molar refractivity (Wildman–Crippen MR) is 127 cm³/mol. The average Bonchev–Trinajstić information content (AvgIpc) is 3.14. The third kappa shape index (κ3) is 6.57. The Hall–Kier alpha value is -3.39. The van der Waals surface area contributed by atoms with Gasteiger partial charge in [-0.25, -0.2) is 9.59 Å². The lowest BCUT2D eigenvalue weighted by Crippen LogP contribution is -2.47. The van der Waals surface area contributed by atoms with Gasteiger partial charge in [-0.3, -0.25) is 4.79 Å². The Morgan fingerprint density at radius 3 is 2.12 bits per heavy atom. The minimum atomic E-state index is -1.30. The summed E-state index contributed by atoms with van der Waals surface area (Å²) in [5.41, 5.74) is 4.71. The number of carboxylic acid groups (broad SMARTS) is 1. The number of nitrogens with one attached hydrogen (secondary N) is 2. The first-order valence-electron chi connectivity index (χ1n) is 11.7. The molecule has 2 aromatic rings. The number of hydrogen-bond donors (Lipinski definition) is 4. The molecule has 8 heteroatoms. The highest BCUT2D eigenvalue weighted by atomic mass is 16.5. The summed E-state index contributed by atoms with van der Waals surface area (Å²) in [6.07, 6.45) is 1.52. The lowest BCUT2D eigenvalue weighted by Gasteiger charge is -2.16. The number of aliphatic hydroxyl groups excluding tert-OH is 1. The van der Waals surface area contributed by atoms with Crippen LogP contribution in [0.2, 0.25) is 0 Å². The Bertz CT molecular complexity index is 961. The zero-order valence-electron chi connectivity index (χ0n) is 19.3. The Kier molecular flexibility index (Phi) is 9.04. The van der Waals surface area contributed by atoms with E-state index in [4.69, 9.17) is 9.84 Å². The highest BCUT2D eigenvalue weighted by molar-refractivity contribution is 5.84. The Labute approximate surface area is 199 Å². The second kappa shape index (κ2) is 12.2. The fraction of sp³-hybridized carbons (Fsp3) is 0.423. The molecule has 2 amide bonds. The number of aliphatic carboxylic acids is 1. The van der Waals surface area contributed by atoms with E-state index in [0.29, 0.717) is 13.0 Å². The van der Waals surface area contributed by atoms with Crippen LogP contribution in [-0.4, -0.2) is 53.5 Å². The topological polar surface area (TPSA) is 125 Å². The van der Waals surface area contributed by atoms with Crippen LogP contribution in [0, 0.1) is 0 Å². The molecular weight excluding hydrogens is 436 g/mol. The molecule has 0 spiro atoms. The average molecular weight is 469 g/mol. The molecule has 0 radical (unpaired) electrons. The van der Waals surface area contributed by atoms with Crippen molar-refractivity contribution < 1.29 is 29.3 Å². The molecule has 0 fully saturated rings. The van der Waals surface area contributed by atoms with E-state index >= 15 is 0 Å². The van der Waals surface area contributed by atoms with Crippen molar-refractivity contribution in [2.45, 2.75) is 57.1 Å². The fourth-order valence-electron chi connectivity index (χ4n) is 4.24. The van der Waals surface area contributed by atoms with Crippen molar-refractivity contribution in [1.82, 2.24) is 10.6 Å². The second-order valence-corrected chi connectivity index (χ2v) is 8.54. The van der Waals surface area contributed by atoms with E-state index in [9.17, 15) is 19.5 Å². The van der Waals surface area contributed by atoms with Gasteiger partial charge in [0.25, 0.3) is 0 Å². The van der Waals surface area contributed by atoms with Crippen LogP contribution in [0.5, 0.6) is 0 Å². The number of unbranched alkanes of at least 4 members (excludes halogenated alkanes) is 3. The summed E-state index contributed by atoms with van der Waals surface area (Å²) in [6, 6.07) is 15.1. The minimum absolute atomic E-state index is 0.0267. The third-order valence-electron chi connectivity index (χ3n) is 6.01. The number of carbonyl (C=O) groups excluding carboxylic acids is 2. The lowest BCUT2D eigenvalue weighted by atomic mass is 9.98. The van der Waals surface area contributed by atoms with Crippen molar-refractivity contribution in [2.75, 3.05) is 13.2 Å². The number of aliphatic hydroxyl groups is 1. The molecule has 182 valence electrons. The maximum Gasteiger partial charge on any atom is 0.407 e. The molecule has 0 saturated heterocycles. The van der Waals surface area contributed by atoms with Crippen molar-refractivity contribution >= 4 is 18.0 Å². The molecule has 2 atom stereocenters. The first-order chi connectivity index (χ1) is 16.4. The highest BCUT2D eigenvalue weighted by Crippen LogP contribution is 2.44. The molecule has 1 aliphatic carbocycles. The number of carboxylic acids is 1. The van der Waals surface area contributed by atoms with Gasteiger partial charge in [-0.1, -0.05) is 61.4 Å². The first kappa shape index (κ1) is 25.2. The molecule has 8 nitrogen and oxygen atoms in total. The summed E-state index contributed by atoms with van der Waals surface area (Å²) < 4.78 is 5.50. The number of hydrogen-bond acceptors (Lipinski definition) is 5. The van der Waals surface area contributed by atoms with Gasteiger partial charge in [0.05, 0.1) is 6.10 Å². The maximum atomic E-state index is 12.2. The van der Waals surface area contributed by atoms with E-state index < -0.39 is 30.1 Å². The van der Waals surface area contributed by atoms with Crippen LogP contribution in [0.1, 0.15) is 56.1 Å². The summed E-state index contributed by atoms with van der Waals surface area (Å²) in [5, 5.41) is 23.5. The molecule has 0 unspecified atom stereocenters. The largest absolute Gasteiger partial charge is 0.480 e. The quantitative estimate of drug-likeness (QED) is 0.354. The smallest absolute Gasteiger partial charge is 0.407 e. The molecule has 0 heterocycles. The van der Waals surface area contributed by atoms with Gasteiger partial charge in [0.1, 0.15) is 6.61 Å². The second-order valence-electron chi connectivity index (χ2n) is 8.54. The van der Waals surface area contributed by atoms with Crippen LogP contribution < -0.4 is 10.6 Å². The van der Waals surface area contributed by atoms with Crippen LogP contribution in [-0.2, 0) is 14.3 Å². The van der Waals surface area contributed by atoms with E-state index in [2.05, 4.69) is 34.9 Å². The molecule has 1 aliphatic rings. The monoisotopic (exact) mass is 468 g/mol. The van der Waals surface area contributed by atoms with Crippen LogP contribution in [0.4, 0.5) is 4.79 Å². The minimum Gasteiger partial charge on any atom is -0.480 e. The summed E-state index contributed by atoms with van der Waals surface area (Å²) in [7, 11) is 0. The van der Waals surface area contributed by atoms with Gasteiger partial charge in [0.2, 0.25) is 5.91 Å². The van der Waals surface area contributed by atoms with Crippen molar-refractivity contribution in [2.24, 2.45) is 0 Å². The molecular formula is C26H32N2O6. The number of carbonyl (C=O) groups is 3. The first-order valence-corrected chi connectivity index (χ1v) is 11.7. The number of amides is 2. The molecule has 0 aromatic heterocycles. The highest BCUT2D eigenvalue weighted by Gasteiger charge is 2.29. The zero-order valence-corrected chi connectivity index (χ0v) is 19.3. The van der Waals surface area contributed by atoms with Crippen molar-refractivity contribution in [3.05, 3.63) is 59.7 Å². The fourth-order valence-corrected chi connectivity index (χ4v) is 4.24. The summed E-state index contributed by atoms with van der Waals surface area (Å²) >= 11 is 0. The number of benzene rings is 2. The lowest BCUT2D eigenvalue weighted by molar-refractivity contribution is -0.144. The molecule has 3 rings (SSSR count). The summed E-state index contributed by atoms with van der Waals surface area (Å²) in [4.78, 5) is 35.0. The summed E-state index contributed by atoms with van der Waals surface area (Å²) in [5.74, 6) is -1.63. The van der Waals surface area contributed by atoms with E-state index in [1.165, 1.54) is 29.2 Å². The van der Waals surface area contributed by atoms with E-state index in [0.717, 1.165) is 19.3 Å². The van der Waals surface area contributed by atoms with E-state index in [1.807, 2.05) is 24.3 Å². The molecule has 0 aliphatic heterocycles. The van der Waals surface area contributed by atoms with E-state index in [-0.39, 0.29) is 18.9 Å². The number of alkyl carbamates (subject to hydrolysis) is 1. The van der Waals surface area contributed by atoms with Gasteiger partial charge in [-0.15, -0.1) is 0 Å². The maximum absolute atomic E-state index is 12.2. The van der Waals surface area contributed by atoms with Gasteiger partial charge in [0, 0.05) is 18.9 Å². The van der Waals surface area contributed by atoms with Crippen molar-refractivity contribution in [3.63, 3.8) is 0 Å². The zero-order chi connectivity index (χ0) is 24.5. The molecule has 2 aromatic carbocycles. The van der Waals surface area contributed by atoms with Gasteiger partial charge < -0.3 is 25.6 Å². The normalized spacial score (nSPS) is 13.9. The van der Waals surface area contributed by atoms with Crippen LogP contribution in [0.3, 0.4) is 0 Å². The van der Waals surface area contributed by atoms with Gasteiger partial charge in [-0.05, 0) is 42.0 Å². The summed E-state index contributed by atoms with van der Waals surface area (Å²) in [6.45, 7) is 2.08. The van der Waals surface area contributed by atoms with Crippen LogP contribution in [0.25, 0.3) is 11.1 Å². The number of rotatable bonds is 12. The van der Waals surface area contributed by atoms with Gasteiger partial charge in [0.15, 0.2) is 6.04 Å². The molecule has 34 heavy (non-hydrogen) atoms. The van der Waals surface area contributed by atoms with Crippen LogP contribution in [0.15, 0.2) is 48.5 Å². The van der Waals surface area contributed by atoms with Crippen molar-refractivity contribution in [1.29, 1.82) is 0 Å². The number of ether oxygens (including phenoxy) is 1. The molecule has 0 saturated carbocycles. The third-order valence-corrected chi connectivity index (χ3v) is 6.01. The van der Waals surface area contributed by atoms with E-state index in [1.54, 1.807) is 0 Å². The standard InChI is InChI=1S/C26H32N2O6/c1-17(29)24(25(31)32)28-23(30)14-4-2-3-9-15-27-26(33)34-16-22-20-12-7-5-10-18(20)19-11-6-8-13-21(19)22/h5-8,10-13,17,22,24,29H,2-4,9,14-16H2,1H3,(H,27,33)(H,28,30)(H,31,32)/t17-,24+/m1/s1. The SMILES string of the molecule is C[C@@H](O)[C@H](NC(=O)CCCCCCNC(=O)OCC1c2ccccc2-c2ccccc21)C(=O)O. The Morgan fingerprint density at radius 1 is 0.941 bits per heavy atom. The predicted octanol–water partition coefficient (Wildman–Crippen LogP) is 3.43. The van der Waals surface area contributed by atoms with Gasteiger partial charge >= 0.3 is 12.1 Å². The van der Waals surface area contributed by atoms with Crippen LogP contribution >= 0.6 is 0 Å².